The summed E-state index contributed by atoms with van der Waals surface area (Å²) in [6.45, 7) is 0. The number of carbonyl (C=O) groups excluding carboxylic acids is 1. The van der Waals surface area contributed by atoms with Crippen LogP contribution in [0.4, 0.5) is 0 Å². The minimum Gasteiger partial charge on any atom is -0.478 e. The van der Waals surface area contributed by atoms with Gasteiger partial charge < -0.3 is 24.1 Å². The smallest absolute Gasteiger partial charge is 0.345 e. The lowest BCUT2D eigenvalue weighted by atomic mass is 9.73. The number of hydrogen-bond donors (Lipinski definition) is 1. The Labute approximate surface area is 110 Å². The summed E-state index contributed by atoms with van der Waals surface area (Å²) >= 11 is 0. The van der Waals surface area contributed by atoms with Crippen LogP contribution in [-0.2, 0) is 28.5 Å². The van der Waals surface area contributed by atoms with E-state index in [1.807, 2.05) is 0 Å². The van der Waals surface area contributed by atoms with Gasteiger partial charge in [0.15, 0.2) is 0 Å². The van der Waals surface area contributed by atoms with E-state index >= 15 is 0 Å². The third-order valence-electron chi connectivity index (χ3n) is 4.01. The van der Waals surface area contributed by atoms with Crippen LogP contribution in [0.5, 0.6) is 0 Å². The lowest BCUT2D eigenvalue weighted by Gasteiger charge is -2.41. The quantitative estimate of drug-likeness (QED) is 0.702. The third-order valence-corrected chi connectivity index (χ3v) is 4.01. The molecule has 0 unspecified atom stereocenters. The number of esters is 1. The van der Waals surface area contributed by atoms with Gasteiger partial charge >= 0.3 is 11.9 Å². The number of rotatable bonds is 4. The molecule has 1 heterocycles. The minimum absolute atomic E-state index is 0.323. The zero-order valence-electron chi connectivity index (χ0n) is 11.1. The fourth-order valence-electron chi connectivity index (χ4n) is 3.15. The number of carboxylic acids is 1. The summed E-state index contributed by atoms with van der Waals surface area (Å²) in [6, 6.07) is 0. The van der Waals surface area contributed by atoms with Crippen molar-refractivity contribution in [1.82, 2.24) is 0 Å². The summed E-state index contributed by atoms with van der Waals surface area (Å²) in [5, 5.41) is 9.16. The molecule has 2 fully saturated rings. The molecule has 0 bridgehead atoms. The summed E-state index contributed by atoms with van der Waals surface area (Å²) in [5.74, 6) is -2.74. The number of cyclic esters (lactones) is 1. The number of methoxy groups -OCH3 is 3. The van der Waals surface area contributed by atoms with Crippen LogP contribution in [0.25, 0.3) is 0 Å². The van der Waals surface area contributed by atoms with Gasteiger partial charge in [-0.1, -0.05) is 0 Å². The SMILES string of the molecule is CO[C@@H]1[C@H](OC)[C@@H]2[C@H](C[C@H]1OC)C(=O)O[C@@H]2C(=O)O. The second kappa shape index (κ2) is 5.44. The lowest BCUT2D eigenvalue weighted by Crippen LogP contribution is -2.55. The fraction of sp³-hybridized carbons (Fsp3) is 0.833. The van der Waals surface area contributed by atoms with Crippen LogP contribution >= 0.6 is 0 Å². The minimum atomic E-state index is -1.18. The maximum atomic E-state index is 11.8. The number of ether oxygens (including phenoxy) is 4. The molecule has 0 aromatic heterocycles. The average Bonchev–Trinajstić information content (AvgIpc) is 2.73. The summed E-state index contributed by atoms with van der Waals surface area (Å²) in [7, 11) is 4.50. The van der Waals surface area contributed by atoms with Gasteiger partial charge in [0, 0.05) is 27.2 Å². The van der Waals surface area contributed by atoms with E-state index in [1.165, 1.54) is 21.3 Å². The van der Waals surface area contributed by atoms with Gasteiger partial charge in [-0.25, -0.2) is 4.79 Å². The van der Waals surface area contributed by atoms with Gasteiger partial charge in [0.2, 0.25) is 6.10 Å². The molecule has 7 heteroatoms. The first kappa shape index (κ1) is 14.2. The van der Waals surface area contributed by atoms with Crippen molar-refractivity contribution in [2.45, 2.75) is 30.8 Å². The molecule has 7 nitrogen and oxygen atoms in total. The van der Waals surface area contributed by atoms with Crippen LogP contribution in [0.3, 0.4) is 0 Å². The van der Waals surface area contributed by atoms with Crippen molar-refractivity contribution in [1.29, 1.82) is 0 Å². The Kier molecular flexibility index (Phi) is 4.07. The van der Waals surface area contributed by atoms with Crippen LogP contribution in [0.15, 0.2) is 0 Å². The van der Waals surface area contributed by atoms with Crippen molar-refractivity contribution >= 4 is 11.9 Å². The molecule has 0 radical (unpaired) electrons. The summed E-state index contributed by atoms with van der Waals surface area (Å²) in [6.07, 6.45) is -2.11. The predicted molar refractivity (Wildman–Crippen MR) is 61.5 cm³/mol. The average molecular weight is 274 g/mol. The summed E-state index contributed by atoms with van der Waals surface area (Å²) in [4.78, 5) is 23.0. The fourth-order valence-corrected chi connectivity index (χ4v) is 3.15. The second-order valence-corrected chi connectivity index (χ2v) is 4.79. The number of carboxylic acid groups (broad SMARTS) is 1. The first-order valence-electron chi connectivity index (χ1n) is 6.06. The number of carbonyl (C=O) groups is 2. The highest BCUT2D eigenvalue weighted by atomic mass is 16.6. The lowest BCUT2D eigenvalue weighted by molar-refractivity contribution is -0.173. The topological polar surface area (TPSA) is 91.3 Å². The van der Waals surface area contributed by atoms with E-state index in [1.54, 1.807) is 0 Å². The van der Waals surface area contributed by atoms with E-state index in [2.05, 4.69) is 0 Å². The number of fused-ring (bicyclic) bond motifs is 1. The number of hydrogen-bond acceptors (Lipinski definition) is 6. The predicted octanol–water partition coefficient (Wildman–Crippen LogP) is -0.322. The van der Waals surface area contributed by atoms with Gasteiger partial charge in [-0.15, -0.1) is 0 Å². The molecule has 0 amide bonds. The largest absolute Gasteiger partial charge is 0.478 e. The van der Waals surface area contributed by atoms with E-state index in [-0.39, 0.29) is 6.10 Å². The maximum Gasteiger partial charge on any atom is 0.345 e. The zero-order valence-corrected chi connectivity index (χ0v) is 11.1. The Morgan fingerprint density at radius 3 is 2.32 bits per heavy atom. The Bertz CT molecular complexity index is 369. The van der Waals surface area contributed by atoms with Crippen molar-refractivity contribution < 1.29 is 33.6 Å². The van der Waals surface area contributed by atoms with E-state index in [0.29, 0.717) is 6.42 Å². The van der Waals surface area contributed by atoms with Crippen LogP contribution in [0, 0.1) is 11.8 Å². The van der Waals surface area contributed by atoms with Crippen LogP contribution < -0.4 is 0 Å². The standard InChI is InChI=1S/C12H18O7/c1-16-6-4-5-7(9(18-3)8(6)17-2)10(11(13)14)19-12(5)15/h5-10H,4H2,1-3H3,(H,13,14)/t5-,6+,7-,8-,9+,10-/m0/s1. The van der Waals surface area contributed by atoms with E-state index in [4.69, 9.17) is 24.1 Å². The Morgan fingerprint density at radius 1 is 1.21 bits per heavy atom. The molecule has 1 saturated carbocycles. The zero-order chi connectivity index (χ0) is 14.2. The van der Waals surface area contributed by atoms with E-state index in [0.717, 1.165) is 0 Å². The molecule has 1 aliphatic heterocycles. The highest BCUT2D eigenvalue weighted by Gasteiger charge is 2.59. The van der Waals surface area contributed by atoms with Gasteiger partial charge in [-0.05, 0) is 6.42 Å². The molecule has 2 aliphatic rings. The van der Waals surface area contributed by atoms with Crippen LogP contribution in [-0.4, -0.2) is 62.8 Å². The van der Waals surface area contributed by atoms with Gasteiger partial charge in [-0.2, -0.15) is 0 Å². The molecule has 0 spiro atoms. The molecule has 1 aliphatic carbocycles. The van der Waals surface area contributed by atoms with Gasteiger partial charge in [0.05, 0.1) is 18.1 Å². The molecular weight excluding hydrogens is 256 g/mol. The Balaban J connectivity index is 2.33. The normalized spacial score (nSPS) is 41.7. The van der Waals surface area contributed by atoms with Crippen LogP contribution in [0.2, 0.25) is 0 Å². The van der Waals surface area contributed by atoms with Crippen molar-refractivity contribution in [3.05, 3.63) is 0 Å². The van der Waals surface area contributed by atoms with Crippen molar-refractivity contribution in [3.63, 3.8) is 0 Å². The second-order valence-electron chi connectivity index (χ2n) is 4.79. The van der Waals surface area contributed by atoms with Gasteiger partial charge in [-0.3, -0.25) is 4.79 Å². The molecule has 1 N–H and O–H groups in total. The van der Waals surface area contributed by atoms with Gasteiger partial charge in [0.1, 0.15) is 6.10 Å². The molecule has 6 atom stereocenters. The Morgan fingerprint density at radius 2 is 1.84 bits per heavy atom. The van der Waals surface area contributed by atoms with Crippen molar-refractivity contribution in [2.75, 3.05) is 21.3 Å². The summed E-state index contributed by atoms with van der Waals surface area (Å²) in [5.41, 5.74) is 0. The van der Waals surface area contributed by atoms with Crippen LogP contribution in [0.1, 0.15) is 6.42 Å². The van der Waals surface area contributed by atoms with Crippen molar-refractivity contribution in [3.8, 4) is 0 Å². The first-order chi connectivity index (χ1) is 9.04. The molecule has 2 rings (SSSR count). The third kappa shape index (κ3) is 2.22. The molecule has 19 heavy (non-hydrogen) atoms. The highest BCUT2D eigenvalue weighted by Crippen LogP contribution is 2.43. The molecule has 0 aromatic rings. The monoisotopic (exact) mass is 274 g/mol. The first-order valence-corrected chi connectivity index (χ1v) is 6.06. The van der Waals surface area contributed by atoms with E-state index in [9.17, 15) is 9.59 Å². The molecule has 108 valence electrons. The molecular formula is C12H18O7. The van der Waals surface area contributed by atoms with Gasteiger partial charge in [0.25, 0.3) is 0 Å². The Hall–Kier alpha value is -1.18. The van der Waals surface area contributed by atoms with E-state index < -0.39 is 42.1 Å². The molecule has 0 aromatic carbocycles. The highest BCUT2D eigenvalue weighted by molar-refractivity contribution is 5.84. The van der Waals surface area contributed by atoms with Crippen molar-refractivity contribution in [2.24, 2.45) is 11.8 Å². The maximum absolute atomic E-state index is 11.8. The molecule has 1 saturated heterocycles. The summed E-state index contributed by atoms with van der Waals surface area (Å²) < 4.78 is 21.0. The number of aliphatic carboxylic acids is 1.